The van der Waals surface area contributed by atoms with E-state index >= 15 is 0 Å². The fraction of sp³-hybridized carbons (Fsp3) is 0.556. The number of nitrogens with zero attached hydrogens (tertiary/aromatic N) is 2. The molecule has 0 saturated heterocycles. The number of nitrogens with one attached hydrogen (secondary N) is 1. The molecule has 0 aliphatic heterocycles. The number of hydrogen-bond donors (Lipinski definition) is 1. The Balaban J connectivity index is 2.85. The first-order chi connectivity index (χ1) is 7.83. The number of esters is 1. The summed E-state index contributed by atoms with van der Waals surface area (Å²) in [6, 6.07) is -0.939. The summed E-state index contributed by atoms with van der Waals surface area (Å²) in [5.74, 6) is -0.628. The van der Waals surface area contributed by atoms with Crippen LogP contribution >= 0.6 is 0 Å². The van der Waals surface area contributed by atoms with Crippen LogP contribution in [0.4, 0.5) is 0 Å². The van der Waals surface area contributed by atoms with E-state index in [1.165, 1.54) is 7.11 Å². The Hall–Kier alpha value is -1.41. The van der Waals surface area contributed by atoms with Crippen LogP contribution in [0.15, 0.2) is 12.5 Å². The zero-order valence-electron chi connectivity index (χ0n) is 9.87. The van der Waals surface area contributed by atoms with Crippen LogP contribution in [0.3, 0.4) is 0 Å². The molecule has 0 aliphatic rings. The quantitative estimate of drug-likeness (QED) is 0.690. The van der Waals surface area contributed by atoms with E-state index in [0.29, 0.717) is 0 Å². The van der Waals surface area contributed by atoms with Crippen LogP contribution in [0.1, 0.15) is 5.69 Å². The highest BCUT2D eigenvalue weighted by Gasteiger charge is 2.24. The van der Waals surface area contributed by atoms with Gasteiger partial charge in [-0.3, -0.25) is 4.79 Å². The van der Waals surface area contributed by atoms with Crippen LogP contribution in [-0.4, -0.2) is 43.3 Å². The van der Waals surface area contributed by atoms with E-state index in [1.54, 1.807) is 24.1 Å². The summed E-state index contributed by atoms with van der Waals surface area (Å²) in [5, 5.41) is 0. The molecule has 0 spiro atoms. The highest BCUT2D eigenvalue weighted by Crippen LogP contribution is 2.04. The molecule has 1 aromatic heterocycles. The Kier molecular flexibility index (Phi) is 4.24. The molecule has 0 saturated carbocycles. The van der Waals surface area contributed by atoms with Crippen LogP contribution < -0.4 is 4.72 Å². The van der Waals surface area contributed by atoms with E-state index in [2.05, 4.69) is 14.4 Å². The van der Waals surface area contributed by atoms with Gasteiger partial charge in [-0.15, -0.1) is 0 Å². The molecule has 0 aromatic carbocycles. The number of carbonyl (C=O) groups excluding carboxylic acids is 1. The zero-order valence-corrected chi connectivity index (χ0v) is 10.7. The van der Waals surface area contributed by atoms with Crippen molar-refractivity contribution in [1.82, 2.24) is 14.3 Å². The fourth-order valence-corrected chi connectivity index (χ4v) is 2.06. The lowest BCUT2D eigenvalue weighted by molar-refractivity contribution is -0.142. The van der Waals surface area contributed by atoms with Crippen LogP contribution in [0.25, 0.3) is 0 Å². The summed E-state index contributed by atoms with van der Waals surface area (Å²) in [4.78, 5) is 15.3. The molecule has 1 rings (SSSR count). The van der Waals surface area contributed by atoms with E-state index < -0.39 is 22.0 Å². The monoisotopic (exact) mass is 261 g/mol. The number of carbonyl (C=O) groups is 1. The first-order valence-electron chi connectivity index (χ1n) is 4.84. The number of rotatable bonds is 5. The van der Waals surface area contributed by atoms with Crippen molar-refractivity contribution < 1.29 is 17.9 Å². The highest BCUT2D eigenvalue weighted by molar-refractivity contribution is 7.88. The molecule has 1 heterocycles. The van der Waals surface area contributed by atoms with Gasteiger partial charge in [-0.2, -0.15) is 0 Å². The lowest BCUT2D eigenvalue weighted by Gasteiger charge is -2.15. The number of methoxy groups -OCH3 is 1. The molecule has 96 valence electrons. The van der Waals surface area contributed by atoms with Gasteiger partial charge in [0, 0.05) is 25.4 Å². The third kappa shape index (κ3) is 4.16. The molecular weight excluding hydrogens is 246 g/mol. The van der Waals surface area contributed by atoms with Crippen molar-refractivity contribution in [1.29, 1.82) is 0 Å². The van der Waals surface area contributed by atoms with Crippen molar-refractivity contribution >= 4 is 16.0 Å². The Bertz CT molecular complexity index is 494. The van der Waals surface area contributed by atoms with Crippen molar-refractivity contribution in [2.45, 2.75) is 12.5 Å². The molecule has 0 bridgehead atoms. The molecular formula is C9H15N3O4S. The Morgan fingerprint density at radius 1 is 1.65 bits per heavy atom. The number of imidazole rings is 1. The number of hydrogen-bond acceptors (Lipinski definition) is 5. The lowest BCUT2D eigenvalue weighted by atomic mass is 10.2. The lowest BCUT2D eigenvalue weighted by Crippen LogP contribution is -2.42. The smallest absolute Gasteiger partial charge is 0.324 e. The molecule has 0 fully saturated rings. The Morgan fingerprint density at radius 2 is 2.29 bits per heavy atom. The van der Waals surface area contributed by atoms with Gasteiger partial charge in [-0.05, 0) is 0 Å². The summed E-state index contributed by atoms with van der Waals surface area (Å²) in [6.07, 6.45) is 4.33. The van der Waals surface area contributed by atoms with Gasteiger partial charge in [0.2, 0.25) is 10.0 Å². The molecule has 1 N–H and O–H groups in total. The third-order valence-electron chi connectivity index (χ3n) is 2.17. The van der Waals surface area contributed by atoms with Crippen molar-refractivity contribution in [3.05, 3.63) is 18.2 Å². The number of ether oxygens (including phenoxy) is 1. The van der Waals surface area contributed by atoms with Crippen LogP contribution in [0.2, 0.25) is 0 Å². The summed E-state index contributed by atoms with van der Waals surface area (Å²) in [7, 11) is -0.503. The summed E-state index contributed by atoms with van der Waals surface area (Å²) < 4.78 is 30.8. The number of aryl methyl sites for hydroxylation is 1. The number of aromatic nitrogens is 2. The van der Waals surface area contributed by atoms with Gasteiger partial charge in [0.05, 0.1) is 19.7 Å². The molecule has 0 amide bonds. The van der Waals surface area contributed by atoms with Gasteiger partial charge < -0.3 is 9.30 Å². The maximum Gasteiger partial charge on any atom is 0.324 e. The summed E-state index contributed by atoms with van der Waals surface area (Å²) >= 11 is 0. The molecule has 0 aliphatic carbocycles. The zero-order chi connectivity index (χ0) is 13.1. The standard InChI is InChI=1S/C9H15N3O4S/c1-12-6-10-5-7(12)4-8(9(13)16-2)11-17(3,14)15/h5-6,8,11H,4H2,1-3H3/t8-/m0/s1. The minimum absolute atomic E-state index is 0.191. The first kappa shape index (κ1) is 13.7. The SMILES string of the molecule is COC(=O)[C@H](Cc1cncn1C)NS(C)(=O)=O. The first-order valence-corrected chi connectivity index (χ1v) is 6.73. The Labute approximate surface area is 99.8 Å². The molecule has 0 radical (unpaired) electrons. The maximum absolute atomic E-state index is 11.4. The van der Waals surface area contributed by atoms with Crippen LogP contribution in [0, 0.1) is 0 Å². The Morgan fingerprint density at radius 3 is 2.71 bits per heavy atom. The minimum atomic E-state index is -3.47. The topological polar surface area (TPSA) is 90.3 Å². The predicted molar refractivity (Wildman–Crippen MR) is 60.7 cm³/mol. The van der Waals surface area contributed by atoms with Crippen molar-refractivity contribution in [3.63, 3.8) is 0 Å². The van der Waals surface area contributed by atoms with E-state index in [9.17, 15) is 13.2 Å². The van der Waals surface area contributed by atoms with E-state index in [1.807, 2.05) is 0 Å². The third-order valence-corrected chi connectivity index (χ3v) is 2.88. The average molecular weight is 261 g/mol. The molecule has 17 heavy (non-hydrogen) atoms. The fourth-order valence-electron chi connectivity index (χ4n) is 1.36. The summed E-state index contributed by atoms with van der Waals surface area (Å²) in [5.41, 5.74) is 0.733. The van der Waals surface area contributed by atoms with Gasteiger partial charge >= 0.3 is 5.97 Å². The van der Waals surface area contributed by atoms with E-state index in [4.69, 9.17) is 0 Å². The minimum Gasteiger partial charge on any atom is -0.468 e. The van der Waals surface area contributed by atoms with Gasteiger partial charge in [0.25, 0.3) is 0 Å². The normalized spacial score (nSPS) is 13.4. The van der Waals surface area contributed by atoms with Gasteiger partial charge in [0.15, 0.2) is 0 Å². The molecule has 1 atom stereocenters. The maximum atomic E-state index is 11.4. The molecule has 0 unspecified atom stereocenters. The van der Waals surface area contributed by atoms with Gasteiger partial charge in [-0.1, -0.05) is 0 Å². The van der Waals surface area contributed by atoms with Crippen molar-refractivity contribution in [3.8, 4) is 0 Å². The van der Waals surface area contributed by atoms with Crippen molar-refractivity contribution in [2.75, 3.05) is 13.4 Å². The highest BCUT2D eigenvalue weighted by atomic mass is 32.2. The second-order valence-electron chi connectivity index (χ2n) is 3.67. The second-order valence-corrected chi connectivity index (χ2v) is 5.45. The van der Waals surface area contributed by atoms with Crippen molar-refractivity contribution in [2.24, 2.45) is 7.05 Å². The molecule has 1 aromatic rings. The van der Waals surface area contributed by atoms with Gasteiger partial charge in [0.1, 0.15) is 6.04 Å². The average Bonchev–Trinajstić information content (AvgIpc) is 2.60. The van der Waals surface area contributed by atoms with Gasteiger partial charge in [-0.25, -0.2) is 18.1 Å². The second kappa shape index (κ2) is 5.28. The van der Waals surface area contributed by atoms with Crippen LogP contribution in [-0.2, 0) is 33.0 Å². The molecule has 7 nitrogen and oxygen atoms in total. The summed E-state index contributed by atoms with van der Waals surface area (Å²) in [6.45, 7) is 0. The predicted octanol–water partition coefficient (Wildman–Crippen LogP) is -0.947. The number of sulfonamides is 1. The van der Waals surface area contributed by atoms with E-state index in [-0.39, 0.29) is 6.42 Å². The molecule has 8 heteroatoms. The van der Waals surface area contributed by atoms with Crippen LogP contribution in [0.5, 0.6) is 0 Å². The largest absolute Gasteiger partial charge is 0.468 e. The van der Waals surface area contributed by atoms with E-state index in [0.717, 1.165) is 11.9 Å².